The van der Waals surface area contributed by atoms with Crippen molar-refractivity contribution in [1.82, 2.24) is 0 Å². The molecule has 2 radical (unpaired) electrons. The second-order valence-corrected chi connectivity index (χ2v) is 10.6. The first-order valence-electron chi connectivity index (χ1n) is 11.0. The fourth-order valence-electron chi connectivity index (χ4n) is 3.14. The Balaban J connectivity index is 3.03. The molecule has 27 heavy (non-hydrogen) atoms. The lowest BCUT2D eigenvalue weighted by Crippen LogP contribution is -2.01. The van der Waals surface area contributed by atoms with Gasteiger partial charge in [0, 0.05) is 6.08 Å². The van der Waals surface area contributed by atoms with E-state index in [1.54, 1.807) is 0 Å². The molecule has 0 aliphatic carbocycles. The molecule has 0 aromatic heterocycles. The van der Waals surface area contributed by atoms with Crippen molar-refractivity contribution in [3.05, 3.63) is 12.7 Å². The van der Waals surface area contributed by atoms with E-state index in [0.717, 1.165) is 12.8 Å². The average Bonchev–Trinajstić information content (AvgIpc) is 2.65. The van der Waals surface area contributed by atoms with E-state index in [4.69, 9.17) is 27.9 Å². The number of esters is 1. The lowest BCUT2D eigenvalue weighted by atomic mass is 10.0. The fourth-order valence-corrected chi connectivity index (χ4v) is 4.47. The van der Waals surface area contributed by atoms with E-state index in [2.05, 4.69) is 6.58 Å². The molecular formula is C22H40Cl2O2Si. The van der Waals surface area contributed by atoms with Crippen LogP contribution in [0, 0.1) is 0 Å². The molecule has 0 N–H and O–H groups in total. The maximum Gasteiger partial charge on any atom is 0.330 e. The maximum absolute atomic E-state index is 10.9. The van der Waals surface area contributed by atoms with Crippen LogP contribution in [0.25, 0.3) is 0 Å². The fraction of sp³-hybridized carbons (Fsp3) is 0.864. The minimum atomic E-state index is -0.307. The number of halogens is 2. The monoisotopic (exact) mass is 434 g/mol. The zero-order valence-corrected chi connectivity index (χ0v) is 19.7. The standard InChI is InChI=1S/C22H40Cl2O2Si/c1-2-21(25)26-19-17-15-13-11-9-7-5-3-4-6-8-10-12-14-16-18-20-27-22(23)24/h2,22H,1,3-20H2. The molecule has 5 heteroatoms. The lowest BCUT2D eigenvalue weighted by molar-refractivity contribution is -0.137. The molecule has 0 amide bonds. The summed E-state index contributed by atoms with van der Waals surface area (Å²) in [5.74, 6) is -0.307. The molecule has 0 aliphatic rings. The SMILES string of the molecule is C=CC(=O)OCCCCCCCCCCCCCCCCCC[Si]C(Cl)Cl. The normalized spacial score (nSPS) is 11.1. The molecule has 158 valence electrons. The summed E-state index contributed by atoms with van der Waals surface area (Å²) in [5, 5.41) is 0. The zero-order chi connectivity index (χ0) is 20.0. The van der Waals surface area contributed by atoms with Gasteiger partial charge in [0.2, 0.25) is 0 Å². The van der Waals surface area contributed by atoms with Crippen molar-refractivity contribution < 1.29 is 9.53 Å². The van der Waals surface area contributed by atoms with E-state index in [-0.39, 0.29) is 10.4 Å². The van der Waals surface area contributed by atoms with Crippen molar-refractivity contribution in [3.8, 4) is 0 Å². The van der Waals surface area contributed by atoms with Crippen LogP contribution in [0.2, 0.25) is 6.04 Å². The lowest BCUT2D eigenvalue weighted by Gasteiger charge is -2.04. The molecule has 0 rings (SSSR count). The van der Waals surface area contributed by atoms with Crippen LogP contribution >= 0.6 is 23.2 Å². The molecular weight excluding hydrogens is 395 g/mol. The van der Waals surface area contributed by atoms with Crippen molar-refractivity contribution in [1.29, 1.82) is 0 Å². The Morgan fingerprint density at radius 1 is 0.741 bits per heavy atom. The van der Waals surface area contributed by atoms with E-state index in [0.29, 0.717) is 16.1 Å². The second kappa shape index (κ2) is 22.3. The highest BCUT2D eigenvalue weighted by Crippen LogP contribution is 2.14. The second-order valence-electron chi connectivity index (χ2n) is 7.28. The van der Waals surface area contributed by atoms with Crippen molar-refractivity contribution >= 4 is 38.7 Å². The van der Waals surface area contributed by atoms with Crippen LogP contribution in [0.4, 0.5) is 0 Å². The number of ether oxygens (including phenoxy) is 1. The van der Waals surface area contributed by atoms with Gasteiger partial charge in [-0.05, 0) is 6.42 Å². The van der Waals surface area contributed by atoms with Gasteiger partial charge in [0.25, 0.3) is 0 Å². The summed E-state index contributed by atoms with van der Waals surface area (Å²) in [5.41, 5.74) is 0. The van der Waals surface area contributed by atoms with Gasteiger partial charge in [0.1, 0.15) is 0 Å². The van der Waals surface area contributed by atoms with Crippen LogP contribution in [0.5, 0.6) is 0 Å². The highest BCUT2D eigenvalue weighted by Gasteiger charge is 2.00. The molecule has 0 spiro atoms. The Morgan fingerprint density at radius 3 is 1.48 bits per heavy atom. The summed E-state index contributed by atoms with van der Waals surface area (Å²) in [6.07, 6.45) is 22.4. The topological polar surface area (TPSA) is 26.3 Å². The third-order valence-electron chi connectivity index (χ3n) is 4.78. The van der Waals surface area contributed by atoms with Gasteiger partial charge in [-0.3, -0.25) is 0 Å². The zero-order valence-electron chi connectivity index (χ0n) is 17.2. The van der Waals surface area contributed by atoms with Gasteiger partial charge in [-0.25, -0.2) is 4.79 Å². The van der Waals surface area contributed by atoms with Crippen LogP contribution in [0.3, 0.4) is 0 Å². The number of carbonyl (C=O) groups excluding carboxylic acids is 1. The summed E-state index contributed by atoms with van der Waals surface area (Å²) in [4.78, 5) is 10.9. The van der Waals surface area contributed by atoms with Gasteiger partial charge in [-0.15, -0.1) is 23.2 Å². The smallest absolute Gasteiger partial charge is 0.330 e. The number of hydrogen-bond donors (Lipinski definition) is 0. The first-order chi connectivity index (χ1) is 13.2. The molecule has 0 aliphatic heterocycles. The molecule has 2 nitrogen and oxygen atoms in total. The van der Waals surface area contributed by atoms with Crippen molar-refractivity contribution in [3.63, 3.8) is 0 Å². The van der Waals surface area contributed by atoms with Gasteiger partial charge in [0.15, 0.2) is 0 Å². The Kier molecular flexibility index (Phi) is 22.3. The predicted molar refractivity (Wildman–Crippen MR) is 121 cm³/mol. The van der Waals surface area contributed by atoms with E-state index in [1.807, 2.05) is 0 Å². The van der Waals surface area contributed by atoms with E-state index in [9.17, 15) is 4.79 Å². The van der Waals surface area contributed by atoms with Gasteiger partial charge < -0.3 is 4.74 Å². The van der Waals surface area contributed by atoms with Crippen LogP contribution in [-0.4, -0.2) is 26.6 Å². The average molecular weight is 436 g/mol. The van der Waals surface area contributed by atoms with Gasteiger partial charge in [-0.1, -0.05) is 109 Å². The summed E-state index contributed by atoms with van der Waals surface area (Å²) in [7, 11) is 0.710. The number of unbranched alkanes of at least 4 members (excludes halogenated alkanes) is 15. The largest absolute Gasteiger partial charge is 0.463 e. The Bertz CT molecular complexity index is 338. The Hall–Kier alpha value is 0.00688. The molecule has 0 atom stereocenters. The minimum absolute atomic E-state index is 0.148. The number of carbonyl (C=O) groups is 1. The van der Waals surface area contributed by atoms with Crippen LogP contribution < -0.4 is 0 Å². The Labute approximate surface area is 180 Å². The van der Waals surface area contributed by atoms with E-state index in [1.165, 1.54) is 102 Å². The highest BCUT2D eigenvalue weighted by molar-refractivity contribution is 6.68. The van der Waals surface area contributed by atoms with E-state index < -0.39 is 0 Å². The molecule has 0 fully saturated rings. The number of alkyl halides is 2. The summed E-state index contributed by atoms with van der Waals surface area (Å²) in [6, 6.07) is 1.20. The van der Waals surface area contributed by atoms with E-state index >= 15 is 0 Å². The summed E-state index contributed by atoms with van der Waals surface area (Å²) >= 11 is 11.5. The van der Waals surface area contributed by atoms with Crippen molar-refractivity contribution in [2.24, 2.45) is 0 Å². The predicted octanol–water partition coefficient (Wildman–Crippen LogP) is 7.84. The molecule has 0 aromatic carbocycles. The molecule has 0 saturated heterocycles. The van der Waals surface area contributed by atoms with Crippen LogP contribution in [-0.2, 0) is 9.53 Å². The van der Waals surface area contributed by atoms with Gasteiger partial charge in [-0.2, -0.15) is 0 Å². The Morgan fingerprint density at radius 2 is 1.11 bits per heavy atom. The minimum Gasteiger partial charge on any atom is -0.463 e. The molecule has 0 saturated carbocycles. The molecule has 0 unspecified atom stereocenters. The van der Waals surface area contributed by atoms with Crippen molar-refractivity contribution in [2.45, 2.75) is 113 Å². The molecule has 0 heterocycles. The van der Waals surface area contributed by atoms with Crippen molar-refractivity contribution in [2.75, 3.05) is 6.61 Å². The molecule has 0 aromatic rings. The first-order valence-corrected chi connectivity index (χ1v) is 13.1. The molecule has 0 bridgehead atoms. The van der Waals surface area contributed by atoms with Crippen LogP contribution in [0.1, 0.15) is 103 Å². The maximum atomic E-state index is 10.9. The third kappa shape index (κ3) is 24.0. The number of rotatable bonds is 21. The third-order valence-corrected chi connectivity index (χ3v) is 6.66. The van der Waals surface area contributed by atoms with Gasteiger partial charge in [0.05, 0.1) is 20.6 Å². The summed E-state index contributed by atoms with van der Waals surface area (Å²) in [6.45, 7) is 3.92. The van der Waals surface area contributed by atoms with Gasteiger partial charge >= 0.3 is 5.97 Å². The number of hydrogen-bond acceptors (Lipinski definition) is 2. The van der Waals surface area contributed by atoms with Crippen LogP contribution in [0.15, 0.2) is 12.7 Å². The quantitative estimate of drug-likeness (QED) is 0.0603. The highest BCUT2D eigenvalue weighted by atomic mass is 35.5. The summed E-state index contributed by atoms with van der Waals surface area (Å²) < 4.78 is 4.81. The first kappa shape index (κ1) is 27.0.